The van der Waals surface area contributed by atoms with E-state index in [2.05, 4.69) is 42.2 Å². The fourth-order valence-corrected chi connectivity index (χ4v) is 2.66. The number of nitrogens with one attached hydrogen (secondary N) is 1. The maximum absolute atomic E-state index is 5.69. The molecule has 0 spiro atoms. The summed E-state index contributed by atoms with van der Waals surface area (Å²) in [4.78, 5) is 4.71. The molecule has 0 fully saturated rings. The van der Waals surface area contributed by atoms with Gasteiger partial charge in [0, 0.05) is 19.5 Å². The van der Waals surface area contributed by atoms with Gasteiger partial charge in [0.1, 0.15) is 5.82 Å². The van der Waals surface area contributed by atoms with Crippen LogP contribution < -0.4 is 11.3 Å². The van der Waals surface area contributed by atoms with Crippen molar-refractivity contribution in [1.82, 2.24) is 15.0 Å². The third-order valence-corrected chi connectivity index (χ3v) is 3.95. The van der Waals surface area contributed by atoms with E-state index in [4.69, 9.17) is 10.8 Å². The van der Waals surface area contributed by atoms with Gasteiger partial charge < -0.3 is 4.57 Å². The van der Waals surface area contributed by atoms with Gasteiger partial charge in [-0.1, -0.05) is 44.7 Å². The first-order chi connectivity index (χ1) is 9.76. The zero-order valence-corrected chi connectivity index (χ0v) is 12.6. The molecule has 1 aromatic carbocycles. The summed E-state index contributed by atoms with van der Waals surface area (Å²) < 4.78 is 2.17. The molecular weight excluding hydrogens is 248 g/mol. The number of hydrazine groups is 1. The van der Waals surface area contributed by atoms with Crippen LogP contribution in [0.5, 0.6) is 0 Å². The Morgan fingerprint density at radius 3 is 2.75 bits per heavy atom. The van der Waals surface area contributed by atoms with Gasteiger partial charge in [0.05, 0.1) is 11.0 Å². The summed E-state index contributed by atoms with van der Waals surface area (Å²) in [6.07, 6.45) is 7.09. The second kappa shape index (κ2) is 7.41. The molecule has 2 rings (SSSR count). The summed E-state index contributed by atoms with van der Waals surface area (Å²) in [5.41, 5.74) is 5.19. The van der Waals surface area contributed by atoms with Crippen LogP contribution in [0.2, 0.25) is 0 Å². The number of nitrogens with zero attached hydrogens (tertiary/aromatic N) is 2. The Bertz CT molecular complexity index is 532. The van der Waals surface area contributed by atoms with Crippen LogP contribution in [-0.2, 0) is 13.5 Å². The zero-order chi connectivity index (χ0) is 14.4. The molecule has 0 amide bonds. The minimum atomic E-state index is 0.308. The molecule has 1 heterocycles. The van der Waals surface area contributed by atoms with Crippen molar-refractivity contribution in [3.63, 3.8) is 0 Å². The molecule has 2 aromatic rings. The molecule has 4 nitrogen and oxygen atoms in total. The predicted molar refractivity (Wildman–Crippen MR) is 84.3 cm³/mol. The molecule has 0 aliphatic heterocycles. The molecule has 0 aliphatic carbocycles. The molecule has 0 saturated carbocycles. The van der Waals surface area contributed by atoms with Gasteiger partial charge in [-0.15, -0.1) is 0 Å². The largest absolute Gasteiger partial charge is 0.331 e. The second-order valence-electron chi connectivity index (χ2n) is 5.49. The van der Waals surface area contributed by atoms with Crippen molar-refractivity contribution in [2.75, 3.05) is 0 Å². The van der Waals surface area contributed by atoms with E-state index >= 15 is 0 Å². The average molecular weight is 274 g/mol. The standard InChI is InChI=1S/C16H26N4/c1-3-4-5-6-9-13(19-17)12-16-18-14-10-7-8-11-15(14)20(16)2/h7-8,10-11,13,19H,3-6,9,12,17H2,1-2H3. The summed E-state index contributed by atoms with van der Waals surface area (Å²) >= 11 is 0. The zero-order valence-electron chi connectivity index (χ0n) is 12.6. The molecule has 20 heavy (non-hydrogen) atoms. The van der Waals surface area contributed by atoms with Crippen molar-refractivity contribution in [2.24, 2.45) is 12.9 Å². The van der Waals surface area contributed by atoms with Gasteiger partial charge in [-0.3, -0.25) is 11.3 Å². The highest BCUT2D eigenvalue weighted by molar-refractivity contribution is 5.75. The lowest BCUT2D eigenvalue weighted by atomic mass is 10.0. The number of aryl methyl sites for hydroxylation is 1. The van der Waals surface area contributed by atoms with E-state index in [1.165, 1.54) is 31.2 Å². The van der Waals surface area contributed by atoms with Crippen molar-refractivity contribution in [1.29, 1.82) is 0 Å². The van der Waals surface area contributed by atoms with Gasteiger partial charge in [0.25, 0.3) is 0 Å². The Hall–Kier alpha value is -1.39. The minimum Gasteiger partial charge on any atom is -0.331 e. The average Bonchev–Trinajstić information content (AvgIpc) is 2.79. The van der Waals surface area contributed by atoms with Crippen LogP contribution in [-0.4, -0.2) is 15.6 Å². The quantitative estimate of drug-likeness (QED) is 0.442. The number of nitrogens with two attached hydrogens (primary N) is 1. The molecule has 1 aromatic heterocycles. The second-order valence-corrected chi connectivity index (χ2v) is 5.49. The predicted octanol–water partition coefficient (Wildman–Crippen LogP) is 2.92. The SMILES string of the molecule is CCCCCCC(Cc1nc2ccccc2n1C)NN. The highest BCUT2D eigenvalue weighted by Crippen LogP contribution is 2.16. The molecule has 1 atom stereocenters. The van der Waals surface area contributed by atoms with Crippen LogP contribution in [0.3, 0.4) is 0 Å². The van der Waals surface area contributed by atoms with Crippen molar-refractivity contribution in [2.45, 2.75) is 51.5 Å². The Kier molecular flexibility index (Phi) is 5.56. The van der Waals surface area contributed by atoms with Crippen molar-refractivity contribution < 1.29 is 0 Å². The van der Waals surface area contributed by atoms with Crippen LogP contribution in [0.1, 0.15) is 44.9 Å². The lowest BCUT2D eigenvalue weighted by Crippen LogP contribution is -2.37. The Morgan fingerprint density at radius 2 is 2.05 bits per heavy atom. The minimum absolute atomic E-state index is 0.308. The van der Waals surface area contributed by atoms with Gasteiger partial charge in [0.15, 0.2) is 0 Å². The molecule has 0 saturated heterocycles. The summed E-state index contributed by atoms with van der Waals surface area (Å²) in [6.45, 7) is 2.23. The summed E-state index contributed by atoms with van der Waals surface area (Å²) in [7, 11) is 2.08. The number of fused-ring (bicyclic) bond motifs is 1. The van der Waals surface area contributed by atoms with Gasteiger partial charge in [0.2, 0.25) is 0 Å². The van der Waals surface area contributed by atoms with Crippen molar-refractivity contribution in [3.05, 3.63) is 30.1 Å². The number of unbranched alkanes of at least 4 members (excludes halogenated alkanes) is 3. The topological polar surface area (TPSA) is 55.9 Å². The first-order valence-corrected chi connectivity index (χ1v) is 7.62. The van der Waals surface area contributed by atoms with Gasteiger partial charge in [-0.2, -0.15) is 0 Å². The molecule has 0 bridgehead atoms. The molecule has 4 heteroatoms. The third kappa shape index (κ3) is 3.58. The maximum atomic E-state index is 5.69. The summed E-state index contributed by atoms with van der Waals surface area (Å²) in [6, 6.07) is 8.56. The van der Waals surface area contributed by atoms with Gasteiger partial charge in [-0.25, -0.2) is 4.98 Å². The van der Waals surface area contributed by atoms with E-state index in [-0.39, 0.29) is 0 Å². The number of benzene rings is 1. The number of imidazole rings is 1. The summed E-state index contributed by atoms with van der Waals surface area (Å²) in [5, 5.41) is 0. The van der Waals surface area contributed by atoms with Crippen LogP contribution in [0.15, 0.2) is 24.3 Å². The number of hydrogen-bond acceptors (Lipinski definition) is 3. The molecule has 3 N–H and O–H groups in total. The van der Waals surface area contributed by atoms with E-state index < -0.39 is 0 Å². The number of hydrogen-bond donors (Lipinski definition) is 2. The van der Waals surface area contributed by atoms with Crippen LogP contribution in [0, 0.1) is 0 Å². The smallest absolute Gasteiger partial charge is 0.111 e. The van der Waals surface area contributed by atoms with Crippen LogP contribution in [0.4, 0.5) is 0 Å². The summed E-state index contributed by atoms with van der Waals surface area (Å²) in [5.74, 6) is 6.79. The van der Waals surface area contributed by atoms with Gasteiger partial charge in [-0.05, 0) is 18.6 Å². The molecule has 0 aliphatic rings. The third-order valence-electron chi connectivity index (χ3n) is 3.95. The highest BCUT2D eigenvalue weighted by atomic mass is 15.2. The number of rotatable bonds is 8. The lowest BCUT2D eigenvalue weighted by molar-refractivity contribution is 0.452. The number of aromatic nitrogens is 2. The Labute approximate surface area is 121 Å². The van der Waals surface area contributed by atoms with Gasteiger partial charge >= 0.3 is 0 Å². The lowest BCUT2D eigenvalue weighted by Gasteiger charge is -2.15. The van der Waals surface area contributed by atoms with E-state index in [1.807, 2.05) is 6.07 Å². The van der Waals surface area contributed by atoms with Crippen LogP contribution >= 0.6 is 0 Å². The molecule has 110 valence electrons. The van der Waals surface area contributed by atoms with Crippen LogP contribution in [0.25, 0.3) is 11.0 Å². The Balaban J connectivity index is 2.00. The fourth-order valence-electron chi connectivity index (χ4n) is 2.66. The number of para-hydroxylation sites is 2. The molecule has 1 unspecified atom stereocenters. The molecular formula is C16H26N4. The maximum Gasteiger partial charge on any atom is 0.111 e. The first-order valence-electron chi connectivity index (χ1n) is 7.62. The fraction of sp³-hybridized carbons (Fsp3) is 0.562. The first kappa shape index (κ1) is 15.0. The molecule has 0 radical (unpaired) electrons. The van der Waals surface area contributed by atoms with E-state index in [9.17, 15) is 0 Å². The van der Waals surface area contributed by atoms with Crippen molar-refractivity contribution >= 4 is 11.0 Å². The normalized spacial score (nSPS) is 12.9. The van der Waals surface area contributed by atoms with E-state index in [1.54, 1.807) is 0 Å². The van der Waals surface area contributed by atoms with Crippen molar-refractivity contribution in [3.8, 4) is 0 Å². The Morgan fingerprint density at radius 1 is 1.25 bits per heavy atom. The highest BCUT2D eigenvalue weighted by Gasteiger charge is 2.13. The van der Waals surface area contributed by atoms with E-state index in [0.717, 1.165) is 24.2 Å². The van der Waals surface area contributed by atoms with E-state index in [0.29, 0.717) is 6.04 Å². The monoisotopic (exact) mass is 274 g/mol.